The standard InChI is InChI=1S/C27H33FN4O3/c1-3-7-20(23(33)8-4-2)25-30-22-11-10-18(28)17-21(22)26(31-25)32-14-12-19(13-15-32)29-27(34)24-9-5-6-16-35-24/h3,7-8,10-11,17,19,24,33H,1,4-6,9,12-16H2,2H3,(H,29,34)/b20-7+,23-8+. The highest BCUT2D eigenvalue weighted by Gasteiger charge is 2.28. The number of nitrogens with zero attached hydrogens (tertiary/aromatic N) is 3. The minimum absolute atomic E-state index is 0.0302. The lowest BCUT2D eigenvalue weighted by atomic mass is 10.0. The van der Waals surface area contributed by atoms with E-state index in [9.17, 15) is 14.3 Å². The maximum Gasteiger partial charge on any atom is 0.249 e. The number of fused-ring (bicyclic) bond motifs is 1. The normalized spacial score (nSPS) is 20.2. The van der Waals surface area contributed by atoms with Crippen molar-refractivity contribution in [2.24, 2.45) is 0 Å². The maximum atomic E-state index is 14.2. The summed E-state index contributed by atoms with van der Waals surface area (Å²) in [5, 5.41) is 14.3. The van der Waals surface area contributed by atoms with Crippen LogP contribution in [0.1, 0.15) is 51.3 Å². The highest BCUT2D eigenvalue weighted by atomic mass is 19.1. The number of ether oxygens (including phenoxy) is 1. The monoisotopic (exact) mass is 480 g/mol. The van der Waals surface area contributed by atoms with Crippen LogP contribution in [0.25, 0.3) is 16.5 Å². The molecule has 1 atom stereocenters. The topological polar surface area (TPSA) is 87.6 Å². The van der Waals surface area contributed by atoms with Gasteiger partial charge >= 0.3 is 0 Å². The van der Waals surface area contributed by atoms with Gasteiger partial charge in [0.1, 0.15) is 23.5 Å². The number of hydrogen-bond acceptors (Lipinski definition) is 6. The van der Waals surface area contributed by atoms with Crippen LogP contribution >= 0.6 is 0 Å². The summed E-state index contributed by atoms with van der Waals surface area (Å²) in [4.78, 5) is 24.0. The van der Waals surface area contributed by atoms with Gasteiger partial charge in [0.2, 0.25) is 5.91 Å². The van der Waals surface area contributed by atoms with Gasteiger partial charge < -0.3 is 20.1 Å². The van der Waals surface area contributed by atoms with Crippen LogP contribution in [-0.2, 0) is 9.53 Å². The van der Waals surface area contributed by atoms with Gasteiger partial charge in [-0.25, -0.2) is 14.4 Å². The molecule has 2 N–H and O–H groups in total. The van der Waals surface area contributed by atoms with E-state index in [1.54, 1.807) is 24.3 Å². The first-order valence-electron chi connectivity index (χ1n) is 12.4. The first kappa shape index (κ1) is 24.9. The van der Waals surface area contributed by atoms with E-state index < -0.39 is 0 Å². The molecule has 0 saturated carbocycles. The predicted octanol–water partition coefficient (Wildman–Crippen LogP) is 4.84. The molecule has 1 amide bonds. The summed E-state index contributed by atoms with van der Waals surface area (Å²) in [7, 11) is 0. The number of hydrogen-bond donors (Lipinski definition) is 2. The number of aliphatic hydroxyl groups is 1. The summed E-state index contributed by atoms with van der Waals surface area (Å²) in [6, 6.07) is 4.50. The molecule has 2 aliphatic heterocycles. The zero-order valence-corrected chi connectivity index (χ0v) is 20.2. The lowest BCUT2D eigenvalue weighted by Crippen LogP contribution is -2.48. The van der Waals surface area contributed by atoms with Gasteiger partial charge in [-0.05, 0) is 68.9 Å². The summed E-state index contributed by atoms with van der Waals surface area (Å²) in [5.41, 5.74) is 1.06. The molecule has 2 aliphatic rings. The van der Waals surface area contributed by atoms with Crippen molar-refractivity contribution in [1.82, 2.24) is 15.3 Å². The van der Waals surface area contributed by atoms with Crippen molar-refractivity contribution in [3.05, 3.63) is 60.4 Å². The first-order valence-corrected chi connectivity index (χ1v) is 12.4. The molecular formula is C27H33FN4O3. The Morgan fingerprint density at radius 2 is 2.09 bits per heavy atom. The van der Waals surface area contributed by atoms with Gasteiger partial charge in [-0.2, -0.15) is 0 Å². The first-order chi connectivity index (χ1) is 17.0. The van der Waals surface area contributed by atoms with Crippen LogP contribution in [0.4, 0.5) is 10.2 Å². The molecule has 1 unspecified atom stereocenters. The Morgan fingerprint density at radius 1 is 1.29 bits per heavy atom. The summed E-state index contributed by atoms with van der Waals surface area (Å²) in [5.74, 6) is 0.652. The molecule has 8 heteroatoms. The molecule has 35 heavy (non-hydrogen) atoms. The smallest absolute Gasteiger partial charge is 0.249 e. The van der Waals surface area contributed by atoms with Crippen LogP contribution in [0, 0.1) is 5.82 Å². The van der Waals surface area contributed by atoms with Gasteiger partial charge in [0, 0.05) is 31.1 Å². The second kappa shape index (κ2) is 11.4. The molecule has 0 spiro atoms. The second-order valence-electron chi connectivity index (χ2n) is 8.97. The summed E-state index contributed by atoms with van der Waals surface area (Å²) < 4.78 is 19.8. The van der Waals surface area contributed by atoms with Gasteiger partial charge in [-0.1, -0.05) is 19.6 Å². The number of nitrogens with one attached hydrogen (secondary N) is 1. The van der Waals surface area contributed by atoms with Gasteiger partial charge in [0.15, 0.2) is 5.82 Å². The SMILES string of the molecule is C=C/C=C(\C(O)=C/CC)c1nc(N2CCC(NC(=O)C3CCCCO3)CC2)c2cc(F)ccc2n1. The Balaban J connectivity index is 1.58. The average molecular weight is 481 g/mol. The summed E-state index contributed by atoms with van der Waals surface area (Å²) in [6.45, 7) is 7.62. The average Bonchev–Trinajstić information content (AvgIpc) is 2.88. The molecule has 0 radical (unpaired) electrons. The van der Waals surface area contributed by atoms with Gasteiger partial charge in [-0.3, -0.25) is 4.79 Å². The Hall–Kier alpha value is -3.26. The number of aliphatic hydroxyl groups excluding tert-OH is 1. The molecule has 4 rings (SSSR count). The molecule has 3 heterocycles. The molecule has 2 aromatic rings. The molecule has 2 saturated heterocycles. The van der Waals surface area contributed by atoms with Crippen LogP contribution in [0.3, 0.4) is 0 Å². The number of anilines is 1. The van der Waals surface area contributed by atoms with Crippen LogP contribution in [-0.4, -0.2) is 52.8 Å². The van der Waals surface area contributed by atoms with Gasteiger partial charge in [0.25, 0.3) is 0 Å². The number of aromatic nitrogens is 2. The molecular weight excluding hydrogens is 447 g/mol. The predicted molar refractivity (Wildman–Crippen MR) is 136 cm³/mol. The Morgan fingerprint density at radius 3 is 2.77 bits per heavy atom. The van der Waals surface area contributed by atoms with E-state index in [1.807, 2.05) is 6.92 Å². The largest absolute Gasteiger partial charge is 0.508 e. The van der Waals surface area contributed by atoms with Crippen molar-refractivity contribution < 1.29 is 19.0 Å². The van der Waals surface area contributed by atoms with Crippen LogP contribution in [0.5, 0.6) is 0 Å². The third-order valence-electron chi connectivity index (χ3n) is 6.45. The Labute approximate surface area is 205 Å². The fraction of sp³-hybridized carbons (Fsp3) is 0.444. The number of halogens is 1. The third-order valence-corrected chi connectivity index (χ3v) is 6.45. The molecule has 0 aliphatic carbocycles. The molecule has 0 bridgehead atoms. The van der Waals surface area contributed by atoms with E-state index in [0.717, 1.165) is 32.1 Å². The van der Waals surface area contributed by atoms with Gasteiger partial charge in [-0.15, -0.1) is 0 Å². The quantitative estimate of drug-likeness (QED) is 0.435. The number of amides is 1. The third kappa shape index (κ3) is 5.88. The highest BCUT2D eigenvalue weighted by molar-refractivity contribution is 5.91. The minimum Gasteiger partial charge on any atom is -0.508 e. The van der Waals surface area contributed by atoms with Crippen LogP contribution < -0.4 is 10.2 Å². The number of carbonyl (C=O) groups is 1. The van der Waals surface area contributed by atoms with E-state index in [-0.39, 0.29) is 29.6 Å². The van der Waals surface area contributed by atoms with Crippen LogP contribution in [0.15, 0.2) is 48.8 Å². The fourth-order valence-corrected chi connectivity index (χ4v) is 4.62. The number of rotatable bonds is 7. The molecule has 1 aromatic carbocycles. The van der Waals surface area contributed by atoms with E-state index in [1.165, 1.54) is 12.1 Å². The summed E-state index contributed by atoms with van der Waals surface area (Å²) >= 11 is 0. The second-order valence-corrected chi connectivity index (χ2v) is 8.97. The summed E-state index contributed by atoms with van der Waals surface area (Å²) in [6.07, 6.45) is 9.52. The van der Waals surface area contributed by atoms with Crippen molar-refractivity contribution >= 4 is 28.2 Å². The Bertz CT molecular complexity index is 1130. The zero-order chi connectivity index (χ0) is 24.8. The van der Waals surface area contributed by atoms with Crippen molar-refractivity contribution in [1.29, 1.82) is 0 Å². The fourth-order valence-electron chi connectivity index (χ4n) is 4.62. The van der Waals surface area contributed by atoms with Crippen molar-refractivity contribution in [2.75, 3.05) is 24.6 Å². The number of benzene rings is 1. The van der Waals surface area contributed by atoms with E-state index in [0.29, 0.717) is 54.2 Å². The van der Waals surface area contributed by atoms with E-state index in [4.69, 9.17) is 9.72 Å². The number of piperidine rings is 1. The molecule has 7 nitrogen and oxygen atoms in total. The van der Waals surface area contributed by atoms with Crippen molar-refractivity contribution in [3.63, 3.8) is 0 Å². The Kier molecular flexibility index (Phi) is 8.13. The minimum atomic E-state index is -0.361. The molecule has 1 aromatic heterocycles. The number of carbonyl (C=O) groups excluding carboxylic acids is 1. The zero-order valence-electron chi connectivity index (χ0n) is 20.2. The van der Waals surface area contributed by atoms with Crippen molar-refractivity contribution in [2.45, 2.75) is 57.6 Å². The highest BCUT2D eigenvalue weighted by Crippen LogP contribution is 2.30. The van der Waals surface area contributed by atoms with E-state index in [2.05, 4.69) is 21.8 Å². The van der Waals surface area contributed by atoms with E-state index >= 15 is 0 Å². The van der Waals surface area contributed by atoms with Gasteiger partial charge in [0.05, 0.1) is 11.1 Å². The molecule has 186 valence electrons. The van der Waals surface area contributed by atoms with Crippen molar-refractivity contribution in [3.8, 4) is 0 Å². The molecule has 2 fully saturated rings. The lowest BCUT2D eigenvalue weighted by Gasteiger charge is -2.34. The number of allylic oxidation sites excluding steroid dienone is 4. The van der Waals surface area contributed by atoms with Crippen LogP contribution in [0.2, 0.25) is 0 Å². The maximum absolute atomic E-state index is 14.2. The lowest BCUT2D eigenvalue weighted by molar-refractivity contribution is -0.136.